The van der Waals surface area contributed by atoms with Gasteiger partial charge in [-0.2, -0.15) is 0 Å². The normalized spacial score (nSPS) is 13.3. The Balaban J connectivity index is 3.93. The number of nitrogens with one attached hydrogen (secondary N) is 2. The van der Waals surface area contributed by atoms with E-state index in [1.54, 1.807) is 0 Å². The van der Waals surface area contributed by atoms with Gasteiger partial charge in [0.2, 0.25) is 5.91 Å². The van der Waals surface area contributed by atoms with Crippen LogP contribution in [-0.2, 0) is 9.59 Å². The fourth-order valence-corrected chi connectivity index (χ4v) is 1.92. The smallest absolute Gasteiger partial charge is 0.303 e. The van der Waals surface area contributed by atoms with Crippen LogP contribution in [0.15, 0.2) is 0 Å². The predicted molar refractivity (Wildman–Crippen MR) is 80.6 cm³/mol. The lowest BCUT2D eigenvalue weighted by molar-refractivity contribution is -0.137. The van der Waals surface area contributed by atoms with Gasteiger partial charge in [-0.25, -0.2) is 0 Å². The zero-order valence-electron chi connectivity index (χ0n) is 13.5. The minimum Gasteiger partial charge on any atom is -0.481 e. The summed E-state index contributed by atoms with van der Waals surface area (Å²) >= 11 is 0. The molecule has 0 saturated carbocycles. The van der Waals surface area contributed by atoms with E-state index < -0.39 is 5.97 Å². The van der Waals surface area contributed by atoms with Gasteiger partial charge in [0.15, 0.2) is 0 Å². The van der Waals surface area contributed by atoms with Crippen LogP contribution in [0.1, 0.15) is 53.9 Å². The molecule has 3 N–H and O–H groups in total. The van der Waals surface area contributed by atoms with Crippen molar-refractivity contribution >= 4 is 11.9 Å². The maximum absolute atomic E-state index is 11.6. The van der Waals surface area contributed by atoms with Crippen molar-refractivity contribution in [2.75, 3.05) is 13.1 Å². The van der Waals surface area contributed by atoms with Gasteiger partial charge in [0.05, 0.1) is 6.54 Å². The van der Waals surface area contributed by atoms with Crippen LogP contribution in [-0.4, -0.2) is 35.6 Å². The van der Waals surface area contributed by atoms with Crippen LogP contribution >= 0.6 is 0 Å². The summed E-state index contributed by atoms with van der Waals surface area (Å²) < 4.78 is 0. The van der Waals surface area contributed by atoms with Crippen molar-refractivity contribution in [3.63, 3.8) is 0 Å². The molecule has 0 rings (SSSR count). The summed E-state index contributed by atoms with van der Waals surface area (Å²) in [5.41, 5.74) is -0.0701. The number of carboxylic acid groups (broad SMARTS) is 1. The molecule has 0 spiro atoms. The van der Waals surface area contributed by atoms with Crippen LogP contribution in [0, 0.1) is 11.8 Å². The molecule has 0 saturated heterocycles. The van der Waals surface area contributed by atoms with E-state index in [0.717, 1.165) is 6.42 Å². The second kappa shape index (κ2) is 8.95. The van der Waals surface area contributed by atoms with Gasteiger partial charge in [-0.3, -0.25) is 9.59 Å². The summed E-state index contributed by atoms with van der Waals surface area (Å²) in [5.74, 6) is -0.00402. The van der Waals surface area contributed by atoms with E-state index in [2.05, 4.69) is 24.5 Å². The van der Waals surface area contributed by atoms with Crippen molar-refractivity contribution in [1.82, 2.24) is 10.6 Å². The van der Waals surface area contributed by atoms with E-state index in [4.69, 9.17) is 5.11 Å². The molecule has 0 radical (unpaired) electrons. The van der Waals surface area contributed by atoms with Crippen molar-refractivity contribution in [1.29, 1.82) is 0 Å². The molecule has 0 aliphatic carbocycles. The Morgan fingerprint density at radius 3 is 2.20 bits per heavy atom. The fourth-order valence-electron chi connectivity index (χ4n) is 1.92. The lowest BCUT2D eigenvalue weighted by atomic mass is 9.88. The first-order valence-electron chi connectivity index (χ1n) is 7.35. The molecule has 0 aliphatic rings. The predicted octanol–water partition coefficient (Wildman–Crippen LogP) is 2.02. The summed E-state index contributed by atoms with van der Waals surface area (Å²) in [6, 6.07) is 0. The first kappa shape index (κ1) is 18.9. The Morgan fingerprint density at radius 2 is 1.75 bits per heavy atom. The lowest BCUT2D eigenvalue weighted by Crippen LogP contribution is -2.43. The van der Waals surface area contributed by atoms with Gasteiger partial charge in [0.25, 0.3) is 0 Å². The molecular weight excluding hydrogens is 256 g/mol. The van der Waals surface area contributed by atoms with Gasteiger partial charge in [-0.1, -0.05) is 13.8 Å². The first-order chi connectivity index (χ1) is 9.11. The summed E-state index contributed by atoms with van der Waals surface area (Å²) in [6.45, 7) is 11.1. The average Bonchev–Trinajstić information content (AvgIpc) is 2.29. The van der Waals surface area contributed by atoms with E-state index in [0.29, 0.717) is 31.3 Å². The van der Waals surface area contributed by atoms with E-state index >= 15 is 0 Å². The fraction of sp³-hybridized carbons (Fsp3) is 0.867. The van der Waals surface area contributed by atoms with Gasteiger partial charge in [-0.05, 0) is 45.4 Å². The summed E-state index contributed by atoms with van der Waals surface area (Å²) in [6.07, 6.45) is 1.69. The molecule has 0 heterocycles. The molecule has 5 nitrogen and oxygen atoms in total. The molecule has 0 bridgehead atoms. The second-order valence-corrected chi connectivity index (χ2v) is 6.68. The van der Waals surface area contributed by atoms with Crippen LogP contribution in [0.4, 0.5) is 0 Å². The minimum atomic E-state index is -0.755. The van der Waals surface area contributed by atoms with Crippen LogP contribution in [0.2, 0.25) is 0 Å². The largest absolute Gasteiger partial charge is 0.481 e. The van der Waals surface area contributed by atoms with E-state index in [1.165, 1.54) is 0 Å². The third-order valence-electron chi connectivity index (χ3n) is 3.29. The SMILES string of the molecule is CC(C)C(CCNC(=O)CNC(C)(C)C)CCC(=O)O. The van der Waals surface area contributed by atoms with Crippen molar-refractivity contribution in [3.8, 4) is 0 Å². The number of amides is 1. The molecule has 1 amide bonds. The van der Waals surface area contributed by atoms with Crippen molar-refractivity contribution in [3.05, 3.63) is 0 Å². The number of aliphatic carboxylic acids is 1. The molecule has 20 heavy (non-hydrogen) atoms. The molecule has 0 aromatic carbocycles. The third-order valence-corrected chi connectivity index (χ3v) is 3.29. The van der Waals surface area contributed by atoms with Crippen LogP contribution in [0.25, 0.3) is 0 Å². The van der Waals surface area contributed by atoms with Crippen molar-refractivity contribution in [2.24, 2.45) is 11.8 Å². The monoisotopic (exact) mass is 286 g/mol. The van der Waals surface area contributed by atoms with Gasteiger partial charge in [-0.15, -0.1) is 0 Å². The van der Waals surface area contributed by atoms with Crippen LogP contribution in [0.3, 0.4) is 0 Å². The van der Waals surface area contributed by atoms with E-state index in [1.807, 2.05) is 20.8 Å². The molecule has 1 atom stereocenters. The maximum atomic E-state index is 11.6. The van der Waals surface area contributed by atoms with Gasteiger partial charge >= 0.3 is 5.97 Å². The van der Waals surface area contributed by atoms with Gasteiger partial charge in [0.1, 0.15) is 0 Å². The number of carboxylic acids is 1. The number of hydrogen-bond donors (Lipinski definition) is 3. The van der Waals surface area contributed by atoms with Crippen molar-refractivity contribution in [2.45, 2.75) is 59.4 Å². The van der Waals surface area contributed by atoms with Gasteiger partial charge < -0.3 is 15.7 Å². The highest BCUT2D eigenvalue weighted by Gasteiger charge is 2.16. The zero-order chi connectivity index (χ0) is 15.8. The molecule has 0 aromatic heterocycles. The average molecular weight is 286 g/mol. The molecule has 1 unspecified atom stereocenters. The van der Waals surface area contributed by atoms with E-state index in [9.17, 15) is 9.59 Å². The standard InChI is InChI=1S/C15H30N2O3/c1-11(2)12(6-7-14(19)20)8-9-16-13(18)10-17-15(3,4)5/h11-12,17H,6-10H2,1-5H3,(H,16,18)(H,19,20). The Morgan fingerprint density at radius 1 is 1.15 bits per heavy atom. The molecule has 0 aliphatic heterocycles. The highest BCUT2D eigenvalue weighted by atomic mass is 16.4. The molecule has 118 valence electrons. The van der Waals surface area contributed by atoms with E-state index in [-0.39, 0.29) is 17.9 Å². The molecule has 0 aromatic rings. The summed E-state index contributed by atoms with van der Waals surface area (Å²) in [4.78, 5) is 22.2. The zero-order valence-corrected chi connectivity index (χ0v) is 13.5. The Bertz CT molecular complexity index is 309. The number of hydrogen-bond acceptors (Lipinski definition) is 3. The lowest BCUT2D eigenvalue weighted by Gasteiger charge is -2.22. The first-order valence-corrected chi connectivity index (χ1v) is 7.35. The summed E-state index contributed by atoms with van der Waals surface area (Å²) in [7, 11) is 0. The quantitative estimate of drug-likeness (QED) is 0.606. The minimum absolute atomic E-state index is 0.0133. The molecular formula is C15H30N2O3. The van der Waals surface area contributed by atoms with Crippen molar-refractivity contribution < 1.29 is 14.7 Å². The highest BCUT2D eigenvalue weighted by Crippen LogP contribution is 2.20. The number of carbonyl (C=O) groups excluding carboxylic acids is 1. The maximum Gasteiger partial charge on any atom is 0.303 e. The third kappa shape index (κ3) is 10.8. The topological polar surface area (TPSA) is 78.4 Å². The van der Waals surface area contributed by atoms with Crippen LogP contribution < -0.4 is 10.6 Å². The summed E-state index contributed by atoms with van der Waals surface area (Å²) in [5, 5.41) is 14.7. The van der Waals surface area contributed by atoms with Crippen LogP contribution in [0.5, 0.6) is 0 Å². The Hall–Kier alpha value is -1.10. The Labute approximate surface area is 122 Å². The Kier molecular flexibility index (Phi) is 8.46. The number of carbonyl (C=O) groups is 2. The van der Waals surface area contributed by atoms with Gasteiger partial charge in [0, 0.05) is 18.5 Å². The number of rotatable bonds is 9. The molecule has 5 heteroatoms. The highest BCUT2D eigenvalue weighted by molar-refractivity contribution is 5.78. The molecule has 0 fully saturated rings. The second-order valence-electron chi connectivity index (χ2n) is 6.68.